The molecule has 1 fully saturated rings. The molecule has 4 rings (SSSR count). The van der Waals surface area contributed by atoms with Crippen molar-refractivity contribution >= 4 is 39.4 Å². The van der Waals surface area contributed by atoms with Gasteiger partial charge in [0.15, 0.2) is 0 Å². The molecule has 1 atom stereocenters. The van der Waals surface area contributed by atoms with Crippen molar-refractivity contribution in [3.05, 3.63) is 53.8 Å². The van der Waals surface area contributed by atoms with Crippen LogP contribution < -0.4 is 5.32 Å². The van der Waals surface area contributed by atoms with Crippen molar-refractivity contribution in [2.45, 2.75) is 18.9 Å². The normalized spacial score (nSPS) is 18.9. The fraction of sp³-hybridized carbons (Fsp3) is 0.176. The van der Waals surface area contributed by atoms with Gasteiger partial charge >= 0.3 is 0 Å². The lowest BCUT2D eigenvalue weighted by atomic mass is 10.0. The number of nitrogens with one attached hydrogen (secondary N) is 1. The Balaban J connectivity index is 2.04. The molecule has 0 bridgehead atoms. The highest BCUT2D eigenvalue weighted by Crippen LogP contribution is 2.35. The maximum Gasteiger partial charge on any atom is 0.247 e. The van der Waals surface area contributed by atoms with E-state index in [1.54, 1.807) is 6.20 Å². The van der Waals surface area contributed by atoms with Gasteiger partial charge in [0.1, 0.15) is 11.7 Å². The second kappa shape index (κ2) is 4.85. The zero-order chi connectivity index (χ0) is 15.3. The number of hydrogen-bond acceptors (Lipinski definition) is 2. The summed E-state index contributed by atoms with van der Waals surface area (Å²) in [7, 11) is 0. The highest BCUT2D eigenvalue weighted by atomic mass is 35.5. The molecule has 1 N–H and O–H groups in total. The number of hydrogen-bond donors (Lipinski definition) is 1. The molecule has 0 radical (unpaired) electrons. The lowest BCUT2D eigenvalue weighted by Crippen LogP contribution is -2.36. The molecule has 1 unspecified atom stereocenters. The number of fused-ring (bicyclic) bond motifs is 3. The molecular formula is C17H14ClN3O. The summed E-state index contributed by atoms with van der Waals surface area (Å²) in [5.74, 6) is -0.0410. The molecule has 0 spiro atoms. The second-order valence-corrected chi connectivity index (χ2v) is 5.99. The van der Waals surface area contributed by atoms with E-state index in [2.05, 4.69) is 16.9 Å². The number of halogens is 1. The summed E-state index contributed by atoms with van der Waals surface area (Å²) in [6.07, 6.45) is 3.23. The van der Waals surface area contributed by atoms with Gasteiger partial charge in [-0.25, -0.2) is 4.98 Å². The zero-order valence-corrected chi connectivity index (χ0v) is 12.6. The minimum atomic E-state index is -0.293. The summed E-state index contributed by atoms with van der Waals surface area (Å²) in [6, 6.07) is 9.38. The summed E-state index contributed by atoms with van der Waals surface area (Å²) < 4.78 is 2.00. The van der Waals surface area contributed by atoms with E-state index >= 15 is 0 Å². The first-order chi connectivity index (χ1) is 10.6. The van der Waals surface area contributed by atoms with Crippen molar-refractivity contribution in [3.8, 4) is 0 Å². The number of piperidine rings is 1. The first-order valence-electron chi connectivity index (χ1n) is 7.18. The number of amides is 1. The van der Waals surface area contributed by atoms with Crippen LogP contribution in [-0.4, -0.2) is 15.5 Å². The van der Waals surface area contributed by atoms with Crippen molar-refractivity contribution in [2.75, 3.05) is 0 Å². The van der Waals surface area contributed by atoms with Crippen LogP contribution in [0.3, 0.4) is 0 Å². The summed E-state index contributed by atoms with van der Waals surface area (Å²) in [5.41, 5.74) is 2.52. The lowest BCUT2D eigenvalue weighted by Gasteiger charge is -2.25. The van der Waals surface area contributed by atoms with Crippen LogP contribution in [0.4, 0.5) is 0 Å². The Kier molecular flexibility index (Phi) is 2.94. The molecule has 110 valence electrons. The third-order valence-corrected chi connectivity index (χ3v) is 4.39. The topological polar surface area (TPSA) is 46.9 Å². The van der Waals surface area contributed by atoms with Gasteiger partial charge in [-0.1, -0.05) is 24.2 Å². The van der Waals surface area contributed by atoms with Crippen molar-refractivity contribution in [1.82, 2.24) is 14.9 Å². The summed E-state index contributed by atoms with van der Waals surface area (Å²) in [6.45, 7) is 3.84. The molecule has 1 amide bonds. The Bertz CT molecular complexity index is 928. The van der Waals surface area contributed by atoms with Gasteiger partial charge in [-0.3, -0.25) is 4.79 Å². The minimum Gasteiger partial charge on any atom is -0.329 e. The molecule has 3 aromatic rings. The Morgan fingerprint density at radius 1 is 1.32 bits per heavy atom. The van der Waals surface area contributed by atoms with Crippen molar-refractivity contribution in [2.24, 2.45) is 0 Å². The number of nitrogens with zero attached hydrogens (tertiary/aromatic N) is 2. The molecule has 0 aliphatic carbocycles. The van der Waals surface area contributed by atoms with Gasteiger partial charge in [0, 0.05) is 27.7 Å². The molecule has 1 aromatic carbocycles. The van der Waals surface area contributed by atoms with Crippen LogP contribution in [0, 0.1) is 0 Å². The van der Waals surface area contributed by atoms with E-state index in [0.717, 1.165) is 34.1 Å². The Labute approximate surface area is 132 Å². The summed E-state index contributed by atoms with van der Waals surface area (Å²) in [4.78, 5) is 16.9. The number of carbonyl (C=O) groups excluding carboxylic acids is 1. The monoisotopic (exact) mass is 311 g/mol. The highest BCUT2D eigenvalue weighted by Gasteiger charge is 2.28. The molecular weight excluding hydrogens is 298 g/mol. The predicted octanol–water partition coefficient (Wildman–Crippen LogP) is 3.81. The van der Waals surface area contributed by atoms with Gasteiger partial charge in [-0.05, 0) is 37.1 Å². The molecule has 0 saturated carbocycles. The first kappa shape index (κ1) is 13.3. The van der Waals surface area contributed by atoms with Crippen LogP contribution in [0.5, 0.6) is 0 Å². The van der Waals surface area contributed by atoms with Crippen LogP contribution in [-0.2, 0) is 4.79 Å². The van der Waals surface area contributed by atoms with Crippen LogP contribution >= 0.6 is 11.6 Å². The minimum absolute atomic E-state index is 0.0410. The van der Waals surface area contributed by atoms with E-state index < -0.39 is 0 Å². The molecule has 1 saturated heterocycles. The fourth-order valence-corrected chi connectivity index (χ4v) is 3.34. The maximum absolute atomic E-state index is 12.4. The van der Waals surface area contributed by atoms with E-state index in [9.17, 15) is 4.79 Å². The number of benzene rings is 1. The zero-order valence-electron chi connectivity index (χ0n) is 11.8. The second-order valence-electron chi connectivity index (χ2n) is 5.55. The maximum atomic E-state index is 12.4. The SMILES string of the molecule is C=C1CCC(n2c3cc(Cl)ccc3c3cccnc32)C(=O)N1. The van der Waals surface area contributed by atoms with Crippen LogP contribution in [0.2, 0.25) is 5.02 Å². The van der Waals surface area contributed by atoms with E-state index in [1.165, 1.54) is 0 Å². The standard InChI is InChI=1S/C17H14ClN3O/c1-10-4-7-14(17(22)20-10)21-15-9-11(18)5-6-12(15)13-3-2-8-19-16(13)21/h2-3,5-6,8-9,14H,1,4,7H2,(H,20,22). The number of allylic oxidation sites excluding steroid dienone is 1. The lowest BCUT2D eigenvalue weighted by molar-refractivity contribution is -0.124. The third kappa shape index (κ3) is 1.91. The predicted molar refractivity (Wildman–Crippen MR) is 87.8 cm³/mol. The van der Waals surface area contributed by atoms with Crippen molar-refractivity contribution < 1.29 is 4.79 Å². The van der Waals surface area contributed by atoms with Crippen LogP contribution in [0.25, 0.3) is 21.9 Å². The summed E-state index contributed by atoms with van der Waals surface area (Å²) >= 11 is 6.17. The Hall–Kier alpha value is -2.33. The molecule has 2 aromatic heterocycles. The molecule has 5 heteroatoms. The molecule has 22 heavy (non-hydrogen) atoms. The van der Waals surface area contributed by atoms with Gasteiger partial charge in [0.05, 0.1) is 5.52 Å². The number of aromatic nitrogens is 2. The third-order valence-electron chi connectivity index (χ3n) is 4.16. The van der Waals surface area contributed by atoms with Gasteiger partial charge in [-0.15, -0.1) is 0 Å². The van der Waals surface area contributed by atoms with Gasteiger partial charge in [0.2, 0.25) is 5.91 Å². The highest BCUT2D eigenvalue weighted by molar-refractivity contribution is 6.31. The van der Waals surface area contributed by atoms with Gasteiger partial charge in [-0.2, -0.15) is 0 Å². The number of carbonyl (C=O) groups is 1. The van der Waals surface area contributed by atoms with Crippen LogP contribution in [0.1, 0.15) is 18.9 Å². The Morgan fingerprint density at radius 2 is 2.18 bits per heavy atom. The van der Waals surface area contributed by atoms with E-state index in [-0.39, 0.29) is 11.9 Å². The van der Waals surface area contributed by atoms with E-state index in [0.29, 0.717) is 11.4 Å². The first-order valence-corrected chi connectivity index (χ1v) is 7.56. The average molecular weight is 312 g/mol. The largest absolute Gasteiger partial charge is 0.329 e. The van der Waals surface area contributed by atoms with Gasteiger partial charge in [0.25, 0.3) is 0 Å². The van der Waals surface area contributed by atoms with E-state index in [4.69, 9.17) is 11.6 Å². The van der Waals surface area contributed by atoms with E-state index in [1.807, 2.05) is 34.9 Å². The quantitative estimate of drug-likeness (QED) is 0.743. The fourth-order valence-electron chi connectivity index (χ4n) is 3.17. The number of pyridine rings is 1. The van der Waals surface area contributed by atoms with Crippen LogP contribution in [0.15, 0.2) is 48.8 Å². The Morgan fingerprint density at radius 3 is 3.00 bits per heavy atom. The average Bonchev–Trinajstić information content (AvgIpc) is 2.81. The molecule has 1 aliphatic heterocycles. The molecule has 1 aliphatic rings. The van der Waals surface area contributed by atoms with Gasteiger partial charge < -0.3 is 9.88 Å². The summed E-state index contributed by atoms with van der Waals surface area (Å²) in [5, 5.41) is 5.59. The smallest absolute Gasteiger partial charge is 0.247 e. The molecule has 4 nitrogen and oxygen atoms in total. The van der Waals surface area contributed by atoms with Crippen molar-refractivity contribution in [1.29, 1.82) is 0 Å². The van der Waals surface area contributed by atoms with Crippen molar-refractivity contribution in [3.63, 3.8) is 0 Å². The number of rotatable bonds is 1. The molecule has 3 heterocycles.